The smallest absolute Gasteiger partial charge is 0.287 e. The third kappa shape index (κ3) is 2.18. The van der Waals surface area contributed by atoms with Gasteiger partial charge in [-0.1, -0.05) is 18.2 Å². The second kappa shape index (κ2) is 5.21. The Kier molecular flexibility index (Phi) is 3.25. The lowest BCUT2D eigenvalue weighted by Crippen LogP contribution is -2.22. The van der Waals surface area contributed by atoms with Crippen LogP contribution in [0, 0.1) is 0 Å². The standard InChI is InChI=1S/C15H15N3O2/c1-2-18-13-7-4-3-6-11(13)12(17-18)10-16-15(19)14-8-5-9-20-14/h3-9H,2,10H2,1H3,(H,16,19). The van der Waals surface area contributed by atoms with Gasteiger partial charge in [-0.25, -0.2) is 0 Å². The quantitative estimate of drug-likeness (QED) is 0.792. The first-order valence-corrected chi connectivity index (χ1v) is 6.55. The van der Waals surface area contributed by atoms with Crippen molar-refractivity contribution in [3.05, 3.63) is 54.1 Å². The molecule has 102 valence electrons. The first kappa shape index (κ1) is 12.5. The van der Waals surface area contributed by atoms with Crippen molar-refractivity contribution >= 4 is 16.8 Å². The lowest BCUT2D eigenvalue weighted by atomic mass is 10.2. The van der Waals surface area contributed by atoms with Gasteiger partial charge in [0.25, 0.3) is 5.91 Å². The number of nitrogens with one attached hydrogen (secondary N) is 1. The maximum atomic E-state index is 11.9. The van der Waals surface area contributed by atoms with Gasteiger partial charge in [-0.05, 0) is 25.1 Å². The maximum Gasteiger partial charge on any atom is 0.287 e. The Labute approximate surface area is 116 Å². The molecule has 1 amide bonds. The van der Waals surface area contributed by atoms with Crippen molar-refractivity contribution < 1.29 is 9.21 Å². The normalized spacial score (nSPS) is 10.8. The minimum atomic E-state index is -0.231. The Hall–Kier alpha value is -2.56. The van der Waals surface area contributed by atoms with Gasteiger partial charge in [0.1, 0.15) is 0 Å². The summed E-state index contributed by atoms with van der Waals surface area (Å²) in [5.74, 6) is 0.0781. The van der Waals surface area contributed by atoms with E-state index >= 15 is 0 Å². The van der Waals surface area contributed by atoms with Gasteiger partial charge in [0.2, 0.25) is 0 Å². The van der Waals surface area contributed by atoms with Crippen molar-refractivity contribution in [1.82, 2.24) is 15.1 Å². The largest absolute Gasteiger partial charge is 0.459 e. The Morgan fingerprint density at radius 1 is 1.30 bits per heavy atom. The molecular formula is C15H15N3O2. The van der Waals surface area contributed by atoms with Crippen LogP contribution in [0.15, 0.2) is 47.1 Å². The van der Waals surface area contributed by atoms with Crippen LogP contribution in [-0.4, -0.2) is 15.7 Å². The molecule has 20 heavy (non-hydrogen) atoms. The fraction of sp³-hybridized carbons (Fsp3) is 0.200. The molecule has 2 heterocycles. The van der Waals surface area contributed by atoms with Crippen LogP contribution in [0.3, 0.4) is 0 Å². The molecule has 1 aromatic carbocycles. The molecule has 5 heteroatoms. The molecular weight excluding hydrogens is 254 g/mol. The highest BCUT2D eigenvalue weighted by Gasteiger charge is 2.12. The number of benzene rings is 1. The van der Waals surface area contributed by atoms with Crippen LogP contribution in [0.1, 0.15) is 23.2 Å². The number of furan rings is 1. The molecule has 0 saturated carbocycles. The topological polar surface area (TPSA) is 60.1 Å². The Morgan fingerprint density at radius 3 is 2.90 bits per heavy atom. The molecule has 0 bridgehead atoms. The number of nitrogens with zero attached hydrogens (tertiary/aromatic N) is 2. The van der Waals surface area contributed by atoms with Crippen LogP contribution in [0.25, 0.3) is 10.9 Å². The first-order valence-electron chi connectivity index (χ1n) is 6.55. The van der Waals surface area contributed by atoms with Crippen molar-refractivity contribution in [1.29, 1.82) is 0 Å². The van der Waals surface area contributed by atoms with Crippen molar-refractivity contribution in [3.8, 4) is 0 Å². The highest BCUT2D eigenvalue weighted by Crippen LogP contribution is 2.18. The van der Waals surface area contributed by atoms with Gasteiger partial charge in [0, 0.05) is 11.9 Å². The molecule has 2 aromatic heterocycles. The summed E-state index contributed by atoms with van der Waals surface area (Å²) in [6, 6.07) is 11.3. The van der Waals surface area contributed by atoms with Gasteiger partial charge < -0.3 is 9.73 Å². The molecule has 0 spiro atoms. The summed E-state index contributed by atoms with van der Waals surface area (Å²) in [7, 11) is 0. The molecule has 0 atom stereocenters. The number of rotatable bonds is 4. The van der Waals surface area contributed by atoms with Crippen LogP contribution in [0.4, 0.5) is 0 Å². The lowest BCUT2D eigenvalue weighted by molar-refractivity contribution is 0.0923. The van der Waals surface area contributed by atoms with E-state index in [9.17, 15) is 4.79 Å². The zero-order valence-corrected chi connectivity index (χ0v) is 11.2. The highest BCUT2D eigenvalue weighted by atomic mass is 16.3. The van der Waals surface area contributed by atoms with Crippen molar-refractivity contribution in [2.24, 2.45) is 0 Å². The van der Waals surface area contributed by atoms with E-state index in [-0.39, 0.29) is 5.91 Å². The minimum Gasteiger partial charge on any atom is -0.459 e. The predicted octanol–water partition coefficient (Wildman–Crippen LogP) is 2.58. The van der Waals surface area contributed by atoms with E-state index in [1.807, 2.05) is 35.9 Å². The molecule has 3 rings (SSSR count). The van der Waals surface area contributed by atoms with E-state index in [1.165, 1.54) is 6.26 Å². The maximum absolute atomic E-state index is 11.9. The number of hydrogen-bond donors (Lipinski definition) is 1. The summed E-state index contributed by atoms with van der Waals surface area (Å²) in [6.45, 7) is 3.23. The molecule has 0 aliphatic heterocycles. The molecule has 0 radical (unpaired) electrons. The van der Waals surface area contributed by atoms with Gasteiger partial charge in [0.05, 0.1) is 24.0 Å². The zero-order chi connectivity index (χ0) is 13.9. The fourth-order valence-electron chi connectivity index (χ4n) is 2.23. The van der Waals surface area contributed by atoms with E-state index < -0.39 is 0 Å². The molecule has 0 aliphatic carbocycles. The van der Waals surface area contributed by atoms with Crippen LogP contribution in [0.5, 0.6) is 0 Å². The first-order chi connectivity index (χ1) is 9.79. The van der Waals surface area contributed by atoms with Crippen LogP contribution < -0.4 is 5.32 Å². The van der Waals surface area contributed by atoms with E-state index in [0.29, 0.717) is 12.3 Å². The average molecular weight is 269 g/mol. The Bertz CT molecular complexity index is 729. The summed E-state index contributed by atoms with van der Waals surface area (Å²) in [5.41, 5.74) is 1.94. The number of para-hydroxylation sites is 1. The molecule has 0 saturated heterocycles. The van der Waals surface area contributed by atoms with E-state index in [4.69, 9.17) is 4.42 Å². The molecule has 0 unspecified atom stereocenters. The third-order valence-corrected chi connectivity index (χ3v) is 3.20. The minimum absolute atomic E-state index is 0.231. The summed E-state index contributed by atoms with van der Waals surface area (Å²) in [5, 5.41) is 8.42. The van der Waals surface area contributed by atoms with Gasteiger partial charge in [-0.3, -0.25) is 9.48 Å². The second-order valence-corrected chi connectivity index (χ2v) is 4.44. The fourth-order valence-corrected chi connectivity index (χ4v) is 2.23. The van der Waals surface area contributed by atoms with E-state index in [1.54, 1.807) is 12.1 Å². The van der Waals surface area contributed by atoms with Crippen LogP contribution in [0.2, 0.25) is 0 Å². The Morgan fingerprint density at radius 2 is 2.15 bits per heavy atom. The number of carbonyl (C=O) groups excluding carboxylic acids is 1. The number of aryl methyl sites for hydroxylation is 1. The number of fused-ring (bicyclic) bond motifs is 1. The molecule has 0 aliphatic rings. The Balaban J connectivity index is 1.83. The second-order valence-electron chi connectivity index (χ2n) is 4.44. The zero-order valence-electron chi connectivity index (χ0n) is 11.2. The van der Waals surface area contributed by atoms with Crippen LogP contribution in [-0.2, 0) is 13.1 Å². The van der Waals surface area contributed by atoms with Gasteiger partial charge in [-0.15, -0.1) is 0 Å². The molecule has 0 fully saturated rings. The van der Waals surface area contributed by atoms with E-state index in [2.05, 4.69) is 10.4 Å². The SMILES string of the molecule is CCn1nc(CNC(=O)c2ccco2)c2ccccc21. The van der Waals surface area contributed by atoms with Crippen molar-refractivity contribution in [3.63, 3.8) is 0 Å². The molecule has 5 nitrogen and oxygen atoms in total. The van der Waals surface area contributed by atoms with Gasteiger partial charge >= 0.3 is 0 Å². The summed E-state index contributed by atoms with van der Waals surface area (Å²) in [6.07, 6.45) is 1.48. The molecule has 3 aromatic rings. The van der Waals surface area contributed by atoms with Crippen molar-refractivity contribution in [2.75, 3.05) is 0 Å². The molecule has 1 N–H and O–H groups in total. The van der Waals surface area contributed by atoms with Crippen LogP contribution >= 0.6 is 0 Å². The summed E-state index contributed by atoms with van der Waals surface area (Å²) in [4.78, 5) is 11.9. The monoisotopic (exact) mass is 269 g/mol. The summed E-state index contributed by atoms with van der Waals surface area (Å²) < 4.78 is 6.99. The summed E-state index contributed by atoms with van der Waals surface area (Å²) >= 11 is 0. The average Bonchev–Trinajstić information content (AvgIpc) is 3.13. The number of amides is 1. The lowest BCUT2D eigenvalue weighted by Gasteiger charge is -2.00. The van der Waals surface area contributed by atoms with Crippen molar-refractivity contribution in [2.45, 2.75) is 20.0 Å². The third-order valence-electron chi connectivity index (χ3n) is 3.20. The highest BCUT2D eigenvalue weighted by molar-refractivity contribution is 5.91. The number of aromatic nitrogens is 2. The number of hydrogen-bond acceptors (Lipinski definition) is 3. The number of carbonyl (C=O) groups is 1. The van der Waals surface area contributed by atoms with Gasteiger partial charge in [-0.2, -0.15) is 5.10 Å². The van der Waals surface area contributed by atoms with Gasteiger partial charge in [0.15, 0.2) is 5.76 Å². The predicted molar refractivity (Wildman–Crippen MR) is 75.3 cm³/mol. The van der Waals surface area contributed by atoms with E-state index in [0.717, 1.165) is 23.1 Å².